The summed E-state index contributed by atoms with van der Waals surface area (Å²) in [6.07, 6.45) is 3.27. The van der Waals surface area contributed by atoms with Gasteiger partial charge in [0.15, 0.2) is 0 Å². The number of aromatic hydroxyl groups is 1. The van der Waals surface area contributed by atoms with Crippen LogP contribution in [0.4, 0.5) is 5.69 Å². The lowest BCUT2D eigenvalue weighted by Gasteiger charge is -2.28. The molecule has 3 aliphatic rings. The van der Waals surface area contributed by atoms with Crippen molar-refractivity contribution in [2.75, 3.05) is 11.9 Å². The number of anilines is 1. The standard InChI is InChI=1S/C21H23Br2ClN2O4/c22-18-11-9-12(19(18)23)17-16(11)20(29)26(21(17)30)7-3-1-2-4-15(28)25-13-8-10(24)5-6-14(13)27/h5-6,8,11-12,16-19,27H,1-4,7,9H2,(H,25,28)/t11-,12-,16-,17-,18-,19+/m1/s1. The Balaban J connectivity index is 1.22. The Morgan fingerprint density at radius 2 is 1.73 bits per heavy atom. The first kappa shape index (κ1) is 22.1. The first-order valence-electron chi connectivity index (χ1n) is 10.2. The second kappa shape index (κ2) is 8.79. The van der Waals surface area contributed by atoms with Crippen LogP contribution in [0, 0.1) is 23.7 Å². The van der Waals surface area contributed by atoms with Gasteiger partial charge in [-0.2, -0.15) is 0 Å². The number of rotatable bonds is 7. The van der Waals surface area contributed by atoms with E-state index in [-0.39, 0.29) is 62.5 Å². The topological polar surface area (TPSA) is 86.7 Å². The van der Waals surface area contributed by atoms with Crippen molar-refractivity contribution in [3.05, 3.63) is 23.2 Å². The molecule has 162 valence electrons. The molecule has 6 atom stereocenters. The lowest BCUT2D eigenvalue weighted by molar-refractivity contribution is -0.140. The Hall–Kier alpha value is -1.12. The Labute approximate surface area is 197 Å². The number of phenolic OH excluding ortho intramolecular Hbond substituents is 1. The molecule has 6 nitrogen and oxygen atoms in total. The summed E-state index contributed by atoms with van der Waals surface area (Å²) in [6.45, 7) is 0.417. The van der Waals surface area contributed by atoms with E-state index < -0.39 is 0 Å². The second-order valence-corrected chi connectivity index (χ2v) is 10.9. The number of nitrogens with zero attached hydrogens (tertiary/aromatic N) is 1. The van der Waals surface area contributed by atoms with Crippen LogP contribution in [-0.2, 0) is 14.4 Å². The molecule has 0 aromatic heterocycles. The Morgan fingerprint density at radius 1 is 1.10 bits per heavy atom. The van der Waals surface area contributed by atoms with E-state index in [1.54, 1.807) is 6.07 Å². The zero-order chi connectivity index (χ0) is 21.6. The molecule has 2 bridgehead atoms. The number of fused-ring (bicyclic) bond motifs is 5. The number of phenols is 1. The minimum atomic E-state index is -0.210. The van der Waals surface area contributed by atoms with Gasteiger partial charge in [0, 0.05) is 27.6 Å². The molecule has 0 radical (unpaired) electrons. The highest BCUT2D eigenvalue weighted by atomic mass is 79.9. The van der Waals surface area contributed by atoms with Crippen LogP contribution in [0.2, 0.25) is 5.02 Å². The molecule has 4 rings (SSSR count). The van der Waals surface area contributed by atoms with Crippen LogP contribution in [-0.4, -0.2) is 43.9 Å². The molecule has 9 heteroatoms. The lowest BCUT2D eigenvalue weighted by Crippen LogP contribution is -2.37. The summed E-state index contributed by atoms with van der Waals surface area (Å²) in [7, 11) is 0. The minimum Gasteiger partial charge on any atom is -0.506 e. The number of alkyl halides is 2. The number of unbranched alkanes of at least 4 members (excludes halogenated alkanes) is 2. The van der Waals surface area contributed by atoms with Crippen LogP contribution in [0.1, 0.15) is 32.1 Å². The van der Waals surface area contributed by atoms with E-state index >= 15 is 0 Å². The van der Waals surface area contributed by atoms with Crippen molar-refractivity contribution in [2.45, 2.75) is 41.8 Å². The van der Waals surface area contributed by atoms with Crippen molar-refractivity contribution in [3.8, 4) is 5.75 Å². The van der Waals surface area contributed by atoms with Crippen molar-refractivity contribution >= 4 is 66.9 Å². The quantitative estimate of drug-likeness (QED) is 0.224. The van der Waals surface area contributed by atoms with Crippen LogP contribution in [0.25, 0.3) is 0 Å². The van der Waals surface area contributed by atoms with Crippen molar-refractivity contribution in [2.24, 2.45) is 23.7 Å². The number of hydrogen-bond donors (Lipinski definition) is 2. The average molecular weight is 563 g/mol. The van der Waals surface area contributed by atoms with Gasteiger partial charge in [-0.05, 0) is 49.3 Å². The van der Waals surface area contributed by atoms with E-state index in [0.717, 1.165) is 12.8 Å². The van der Waals surface area contributed by atoms with E-state index in [0.29, 0.717) is 30.8 Å². The first-order chi connectivity index (χ1) is 14.3. The maximum absolute atomic E-state index is 12.8. The Kier molecular flexibility index (Phi) is 6.47. The summed E-state index contributed by atoms with van der Waals surface area (Å²) >= 11 is 13.3. The molecule has 1 aromatic carbocycles. The zero-order valence-corrected chi connectivity index (χ0v) is 20.1. The van der Waals surface area contributed by atoms with Crippen LogP contribution in [0.15, 0.2) is 18.2 Å². The summed E-state index contributed by atoms with van der Waals surface area (Å²) < 4.78 is 0. The lowest BCUT2D eigenvalue weighted by atomic mass is 9.81. The zero-order valence-electron chi connectivity index (χ0n) is 16.2. The summed E-state index contributed by atoms with van der Waals surface area (Å²) in [5, 5.41) is 12.8. The molecule has 3 amide bonds. The third-order valence-electron chi connectivity index (χ3n) is 6.60. The van der Waals surface area contributed by atoms with Gasteiger partial charge in [-0.1, -0.05) is 49.9 Å². The number of likely N-dealkylation sites (tertiary alicyclic amines) is 1. The van der Waals surface area contributed by atoms with Gasteiger partial charge in [0.1, 0.15) is 5.75 Å². The summed E-state index contributed by atoms with van der Waals surface area (Å²) in [5.41, 5.74) is 0.289. The van der Waals surface area contributed by atoms with Gasteiger partial charge in [-0.15, -0.1) is 0 Å². The molecule has 30 heavy (non-hydrogen) atoms. The Morgan fingerprint density at radius 3 is 2.37 bits per heavy atom. The van der Waals surface area contributed by atoms with Crippen LogP contribution >= 0.6 is 43.5 Å². The fourth-order valence-corrected chi connectivity index (χ4v) is 7.23. The summed E-state index contributed by atoms with van der Waals surface area (Å²) in [5.74, 6) is -0.150. The van der Waals surface area contributed by atoms with Crippen molar-refractivity contribution < 1.29 is 19.5 Å². The number of amides is 3. The molecule has 2 saturated carbocycles. The van der Waals surface area contributed by atoms with Crippen molar-refractivity contribution in [3.63, 3.8) is 0 Å². The molecule has 2 aliphatic carbocycles. The summed E-state index contributed by atoms with van der Waals surface area (Å²) in [6, 6.07) is 4.47. The third-order valence-corrected chi connectivity index (χ3v) is 10.0. The van der Waals surface area contributed by atoms with E-state index in [1.165, 1.54) is 17.0 Å². The normalized spacial score (nSPS) is 32.0. The molecule has 0 unspecified atom stereocenters. The average Bonchev–Trinajstić information content (AvgIpc) is 3.30. The van der Waals surface area contributed by atoms with Gasteiger partial charge in [-0.3, -0.25) is 19.3 Å². The fraction of sp³-hybridized carbons (Fsp3) is 0.571. The maximum atomic E-state index is 12.8. The van der Waals surface area contributed by atoms with E-state index in [2.05, 4.69) is 37.2 Å². The van der Waals surface area contributed by atoms with Gasteiger partial charge in [-0.25, -0.2) is 0 Å². The highest BCUT2D eigenvalue weighted by Crippen LogP contribution is 2.60. The molecule has 1 aliphatic heterocycles. The molecule has 0 spiro atoms. The number of halogens is 3. The maximum Gasteiger partial charge on any atom is 0.233 e. The number of nitrogens with one attached hydrogen (secondary N) is 1. The highest BCUT2D eigenvalue weighted by Gasteiger charge is 2.66. The van der Waals surface area contributed by atoms with Gasteiger partial charge in [0.05, 0.1) is 17.5 Å². The molecule has 1 heterocycles. The molecule has 1 aromatic rings. The van der Waals surface area contributed by atoms with Crippen LogP contribution < -0.4 is 5.32 Å². The smallest absolute Gasteiger partial charge is 0.233 e. The van der Waals surface area contributed by atoms with Gasteiger partial charge in [0.2, 0.25) is 17.7 Å². The number of carbonyl (C=O) groups excluding carboxylic acids is 3. The van der Waals surface area contributed by atoms with Crippen molar-refractivity contribution in [1.29, 1.82) is 0 Å². The molecular weight excluding hydrogens is 540 g/mol. The predicted octanol–water partition coefficient (Wildman–Crippen LogP) is 4.32. The van der Waals surface area contributed by atoms with Gasteiger partial charge in [0.25, 0.3) is 0 Å². The molecular formula is C21H23Br2ClN2O4. The summed E-state index contributed by atoms with van der Waals surface area (Å²) in [4.78, 5) is 39.7. The predicted molar refractivity (Wildman–Crippen MR) is 121 cm³/mol. The fourth-order valence-electron chi connectivity index (χ4n) is 5.18. The Bertz CT molecular complexity index is 851. The van der Waals surface area contributed by atoms with E-state index in [9.17, 15) is 19.5 Å². The monoisotopic (exact) mass is 560 g/mol. The van der Waals surface area contributed by atoms with Crippen LogP contribution in [0.5, 0.6) is 5.75 Å². The van der Waals surface area contributed by atoms with Gasteiger partial charge >= 0.3 is 0 Å². The molecule has 1 saturated heterocycles. The number of hydrogen-bond acceptors (Lipinski definition) is 4. The molecule has 2 N–H and O–H groups in total. The van der Waals surface area contributed by atoms with Gasteiger partial charge < -0.3 is 10.4 Å². The van der Waals surface area contributed by atoms with Crippen LogP contribution in [0.3, 0.4) is 0 Å². The largest absolute Gasteiger partial charge is 0.506 e. The van der Waals surface area contributed by atoms with Crippen molar-refractivity contribution in [1.82, 2.24) is 4.90 Å². The number of imide groups is 1. The third kappa shape index (κ3) is 3.91. The number of carbonyl (C=O) groups is 3. The molecule has 3 fully saturated rings. The van der Waals surface area contributed by atoms with E-state index in [4.69, 9.17) is 11.6 Å². The highest BCUT2D eigenvalue weighted by molar-refractivity contribution is 9.12. The van der Waals surface area contributed by atoms with E-state index in [1.807, 2.05) is 0 Å². The second-order valence-electron chi connectivity index (χ2n) is 8.35. The minimum absolute atomic E-state index is 0.0180. The number of benzene rings is 1. The SMILES string of the molecule is O=C(CCCCCN1C(=O)[C@@H]2[C@H]3C[C@@H]([C@@H](Br)[C@H]3Br)[C@H]2C1=O)Nc1cc(Cl)ccc1O. The first-order valence-corrected chi connectivity index (χ1v) is 12.4.